The molecule has 0 N–H and O–H groups in total. The van der Waals surface area contributed by atoms with Gasteiger partial charge in [0.1, 0.15) is 19.0 Å². The lowest BCUT2D eigenvalue weighted by molar-refractivity contribution is -0.274. The van der Waals surface area contributed by atoms with Gasteiger partial charge in [0.05, 0.1) is 0 Å². The molecule has 0 bridgehead atoms. The van der Waals surface area contributed by atoms with Gasteiger partial charge in [-0.1, -0.05) is 97.1 Å². The molecule has 0 aromatic heterocycles. The van der Waals surface area contributed by atoms with E-state index in [0.29, 0.717) is 11.1 Å². The van der Waals surface area contributed by atoms with E-state index in [4.69, 9.17) is 9.47 Å². The molecule has 8 heteroatoms. The van der Waals surface area contributed by atoms with E-state index < -0.39 is 29.5 Å². The third kappa shape index (κ3) is 7.96. The van der Waals surface area contributed by atoms with Crippen molar-refractivity contribution in [3.63, 3.8) is 0 Å². The fraction of sp³-hybridized carbons (Fsp3) is 0.188. The molecule has 40 heavy (non-hydrogen) atoms. The average Bonchev–Trinajstić information content (AvgIpc) is 2.96. The van der Waals surface area contributed by atoms with Crippen molar-refractivity contribution >= 4 is 11.9 Å². The molecule has 5 nitrogen and oxygen atoms in total. The summed E-state index contributed by atoms with van der Waals surface area (Å²) in [7, 11) is 0. The summed E-state index contributed by atoms with van der Waals surface area (Å²) >= 11 is 0. The Labute approximate surface area is 230 Å². The zero-order chi connectivity index (χ0) is 28.4. The molecule has 0 aliphatic carbocycles. The van der Waals surface area contributed by atoms with Crippen molar-refractivity contribution in [1.29, 1.82) is 0 Å². The highest BCUT2D eigenvalue weighted by Gasteiger charge is 2.49. The first kappa shape index (κ1) is 28.4. The van der Waals surface area contributed by atoms with Crippen LogP contribution in [0.25, 0.3) is 0 Å². The van der Waals surface area contributed by atoms with Crippen LogP contribution in [0.4, 0.5) is 13.2 Å². The van der Waals surface area contributed by atoms with Gasteiger partial charge in [0.15, 0.2) is 5.41 Å². The van der Waals surface area contributed by atoms with Crippen molar-refractivity contribution in [2.24, 2.45) is 5.41 Å². The zero-order valence-corrected chi connectivity index (χ0v) is 21.4. The number of benzene rings is 4. The van der Waals surface area contributed by atoms with E-state index in [1.54, 1.807) is 72.8 Å². The molecule has 4 rings (SSSR count). The van der Waals surface area contributed by atoms with Crippen LogP contribution in [-0.4, -0.2) is 18.3 Å². The minimum atomic E-state index is -4.85. The van der Waals surface area contributed by atoms with Gasteiger partial charge in [-0.2, -0.15) is 0 Å². The maximum Gasteiger partial charge on any atom is 0.573 e. The normalized spacial score (nSPS) is 11.5. The number of ether oxygens (including phenoxy) is 3. The summed E-state index contributed by atoms with van der Waals surface area (Å²) in [5.74, 6) is -2.03. The third-order valence-corrected chi connectivity index (χ3v) is 6.16. The zero-order valence-electron chi connectivity index (χ0n) is 21.4. The molecule has 205 valence electrons. The lowest BCUT2D eigenvalue weighted by Crippen LogP contribution is -2.45. The fourth-order valence-corrected chi connectivity index (χ4v) is 4.20. The van der Waals surface area contributed by atoms with E-state index in [9.17, 15) is 22.8 Å². The van der Waals surface area contributed by atoms with Crippen LogP contribution in [0.3, 0.4) is 0 Å². The maximum atomic E-state index is 13.9. The van der Waals surface area contributed by atoms with E-state index in [-0.39, 0.29) is 26.1 Å². The molecule has 0 aliphatic heterocycles. The van der Waals surface area contributed by atoms with E-state index >= 15 is 0 Å². The third-order valence-electron chi connectivity index (χ3n) is 6.16. The summed E-state index contributed by atoms with van der Waals surface area (Å²) < 4.78 is 53.3. The molecule has 0 saturated carbocycles. The Balaban J connectivity index is 1.68. The van der Waals surface area contributed by atoms with E-state index in [1.807, 2.05) is 12.1 Å². The van der Waals surface area contributed by atoms with Crippen molar-refractivity contribution in [2.45, 2.75) is 32.4 Å². The topological polar surface area (TPSA) is 61.8 Å². The van der Waals surface area contributed by atoms with Crippen LogP contribution in [0.2, 0.25) is 0 Å². The summed E-state index contributed by atoms with van der Waals surface area (Å²) in [5, 5.41) is 0. The largest absolute Gasteiger partial charge is 0.573 e. The summed E-state index contributed by atoms with van der Waals surface area (Å²) in [6, 6.07) is 32.7. The number of alkyl halides is 3. The first-order valence-electron chi connectivity index (χ1n) is 12.5. The monoisotopic (exact) mass is 547 g/mol. The first-order valence-corrected chi connectivity index (χ1v) is 12.5. The molecule has 4 aromatic carbocycles. The Morgan fingerprint density at radius 2 is 1.05 bits per heavy atom. The van der Waals surface area contributed by atoms with Crippen LogP contribution in [-0.2, 0) is 45.1 Å². The number of halogens is 3. The average molecular weight is 548 g/mol. The number of carbonyl (C=O) groups is 2. The van der Waals surface area contributed by atoms with Crippen molar-refractivity contribution < 1.29 is 37.0 Å². The fourth-order valence-electron chi connectivity index (χ4n) is 4.20. The SMILES string of the molecule is O=C(OCc1ccccc1)C(Cc1cc[c]cc1)(Cc1ccc(OC(F)(F)F)cc1)C(=O)OCc1ccccc1. The number of hydrogen-bond acceptors (Lipinski definition) is 5. The van der Waals surface area contributed by atoms with Crippen LogP contribution < -0.4 is 4.74 Å². The van der Waals surface area contributed by atoms with Gasteiger partial charge in [0.2, 0.25) is 0 Å². The number of esters is 2. The van der Waals surface area contributed by atoms with Crippen LogP contribution in [0.1, 0.15) is 22.3 Å². The molecule has 0 heterocycles. The second kappa shape index (κ2) is 13.0. The van der Waals surface area contributed by atoms with Crippen LogP contribution >= 0.6 is 0 Å². The van der Waals surface area contributed by atoms with Gasteiger partial charge < -0.3 is 14.2 Å². The molecule has 0 atom stereocenters. The Kier molecular flexibility index (Phi) is 9.22. The summed E-state index contributed by atoms with van der Waals surface area (Å²) in [6.45, 7) is -0.150. The van der Waals surface area contributed by atoms with Gasteiger partial charge in [-0.25, -0.2) is 0 Å². The molecule has 0 amide bonds. The predicted molar refractivity (Wildman–Crippen MR) is 141 cm³/mol. The molecule has 0 unspecified atom stereocenters. The molecular formula is C32H26F3O5. The van der Waals surface area contributed by atoms with Crippen molar-refractivity contribution in [2.75, 3.05) is 0 Å². The maximum absolute atomic E-state index is 13.9. The quantitative estimate of drug-likeness (QED) is 0.156. The molecule has 0 spiro atoms. The highest BCUT2D eigenvalue weighted by molar-refractivity contribution is 6.00. The highest BCUT2D eigenvalue weighted by atomic mass is 19.4. The van der Waals surface area contributed by atoms with E-state index in [0.717, 1.165) is 23.3 Å². The van der Waals surface area contributed by atoms with Gasteiger partial charge >= 0.3 is 18.3 Å². The Morgan fingerprint density at radius 3 is 1.50 bits per heavy atom. The Hall–Kier alpha value is -4.59. The molecule has 1 radical (unpaired) electrons. The van der Waals surface area contributed by atoms with Crippen molar-refractivity contribution in [3.8, 4) is 5.75 Å². The number of hydrogen-bond donors (Lipinski definition) is 0. The van der Waals surface area contributed by atoms with Crippen molar-refractivity contribution in [3.05, 3.63) is 138 Å². The van der Waals surface area contributed by atoms with Crippen LogP contribution in [0.15, 0.2) is 109 Å². The Bertz CT molecular complexity index is 1320. The number of rotatable bonds is 11. The Morgan fingerprint density at radius 1 is 0.600 bits per heavy atom. The summed E-state index contributed by atoms with van der Waals surface area (Å²) in [4.78, 5) is 27.7. The van der Waals surface area contributed by atoms with Gasteiger partial charge in [-0.15, -0.1) is 13.2 Å². The molecular weight excluding hydrogens is 521 g/mol. The lowest BCUT2D eigenvalue weighted by Gasteiger charge is -2.30. The lowest BCUT2D eigenvalue weighted by atomic mass is 9.76. The minimum absolute atomic E-state index is 0.0657. The van der Waals surface area contributed by atoms with Gasteiger partial charge in [-0.3, -0.25) is 9.59 Å². The highest BCUT2D eigenvalue weighted by Crippen LogP contribution is 2.34. The van der Waals surface area contributed by atoms with Crippen LogP contribution in [0, 0.1) is 11.5 Å². The van der Waals surface area contributed by atoms with E-state index in [2.05, 4.69) is 10.8 Å². The standard InChI is InChI=1S/C32H26F3O5/c33-32(34,35)40-28-18-16-25(17-19-28)21-31(20-24-10-4-1-5-11-24,29(36)38-22-26-12-6-2-7-13-26)30(37)39-23-27-14-8-3-9-15-27/h2-19H,20-23H2. The second-order valence-corrected chi connectivity index (χ2v) is 9.16. The molecule has 0 aliphatic rings. The van der Waals surface area contributed by atoms with Crippen molar-refractivity contribution in [1.82, 2.24) is 0 Å². The molecule has 0 fully saturated rings. The van der Waals surface area contributed by atoms with Crippen LogP contribution in [0.5, 0.6) is 5.75 Å². The second-order valence-electron chi connectivity index (χ2n) is 9.16. The van der Waals surface area contributed by atoms with Gasteiger partial charge in [0.25, 0.3) is 0 Å². The summed E-state index contributed by atoms with van der Waals surface area (Å²) in [5.41, 5.74) is 0.697. The summed E-state index contributed by atoms with van der Waals surface area (Å²) in [6.07, 6.45) is -5.10. The first-order chi connectivity index (χ1) is 19.2. The van der Waals surface area contributed by atoms with Gasteiger partial charge in [-0.05, 0) is 53.3 Å². The molecule has 4 aromatic rings. The van der Waals surface area contributed by atoms with E-state index in [1.165, 1.54) is 12.1 Å². The number of carbonyl (C=O) groups excluding carboxylic acids is 2. The predicted octanol–water partition coefficient (Wildman–Crippen LogP) is 6.64. The molecule has 0 saturated heterocycles. The van der Waals surface area contributed by atoms with Gasteiger partial charge in [0, 0.05) is 0 Å². The minimum Gasteiger partial charge on any atom is -0.460 e. The smallest absolute Gasteiger partial charge is 0.460 e.